The minimum atomic E-state index is -1.71. The Kier molecular flexibility index (Phi) is 3.68. The lowest BCUT2D eigenvalue weighted by molar-refractivity contribution is -0.386. The number of rotatable bonds is 2. The van der Waals surface area contributed by atoms with Crippen LogP contribution in [0.3, 0.4) is 0 Å². The van der Waals surface area contributed by atoms with E-state index in [1.165, 1.54) is 0 Å². The molecule has 7 nitrogen and oxygen atoms in total. The number of nitro groups is 1. The zero-order chi connectivity index (χ0) is 18.6. The van der Waals surface area contributed by atoms with Crippen LogP contribution in [0.2, 0.25) is 0 Å². The quantitative estimate of drug-likeness (QED) is 0.656. The molecule has 0 bridgehead atoms. The van der Waals surface area contributed by atoms with E-state index in [1.807, 2.05) is 13.0 Å². The molecule has 0 radical (unpaired) electrons. The van der Waals surface area contributed by atoms with Gasteiger partial charge in [0.1, 0.15) is 0 Å². The first-order chi connectivity index (χ1) is 12.3. The van der Waals surface area contributed by atoms with Gasteiger partial charge in [0, 0.05) is 22.3 Å². The van der Waals surface area contributed by atoms with Gasteiger partial charge in [-0.15, -0.1) is 0 Å². The van der Waals surface area contributed by atoms with Gasteiger partial charge >= 0.3 is 0 Å². The van der Waals surface area contributed by atoms with E-state index in [0.29, 0.717) is 40.2 Å². The molecule has 1 N–H and O–H groups in total. The predicted octanol–water partition coefficient (Wildman–Crippen LogP) is 3.09. The Hall–Kier alpha value is -2.64. The van der Waals surface area contributed by atoms with Gasteiger partial charge in [0.05, 0.1) is 11.0 Å². The van der Waals surface area contributed by atoms with Gasteiger partial charge < -0.3 is 19.3 Å². The SMILES string of the molecule is Cc1cc(C2(O)O[C@@H](C)Cc3cc4c(cc32)OCO4)cc(C)c1[N+](=O)[O-]. The number of nitro benzene ring substituents is 1. The monoisotopic (exact) mass is 357 g/mol. The fourth-order valence-corrected chi connectivity index (χ4v) is 3.84. The van der Waals surface area contributed by atoms with E-state index >= 15 is 0 Å². The average molecular weight is 357 g/mol. The first-order valence-corrected chi connectivity index (χ1v) is 8.39. The van der Waals surface area contributed by atoms with Crippen LogP contribution in [-0.4, -0.2) is 22.9 Å². The van der Waals surface area contributed by atoms with Gasteiger partial charge in [-0.25, -0.2) is 0 Å². The molecule has 0 aliphatic carbocycles. The van der Waals surface area contributed by atoms with Crippen LogP contribution in [-0.2, 0) is 16.9 Å². The molecule has 7 heteroatoms. The maximum absolute atomic E-state index is 11.5. The van der Waals surface area contributed by atoms with Crippen LogP contribution in [0.4, 0.5) is 5.69 Å². The van der Waals surface area contributed by atoms with E-state index in [0.717, 1.165) is 5.56 Å². The molecule has 0 spiro atoms. The van der Waals surface area contributed by atoms with Gasteiger partial charge in [0.25, 0.3) is 5.69 Å². The summed E-state index contributed by atoms with van der Waals surface area (Å²) in [5.41, 5.74) is 2.94. The van der Waals surface area contributed by atoms with Gasteiger partial charge in [-0.2, -0.15) is 0 Å². The van der Waals surface area contributed by atoms with Crippen LogP contribution < -0.4 is 9.47 Å². The third-order valence-electron chi connectivity index (χ3n) is 4.91. The van der Waals surface area contributed by atoms with Gasteiger partial charge in [-0.1, -0.05) is 0 Å². The van der Waals surface area contributed by atoms with E-state index in [1.54, 1.807) is 32.0 Å². The third-order valence-corrected chi connectivity index (χ3v) is 4.91. The van der Waals surface area contributed by atoms with Crippen molar-refractivity contribution in [3.8, 4) is 11.5 Å². The lowest BCUT2D eigenvalue weighted by Crippen LogP contribution is -2.40. The molecule has 1 unspecified atom stereocenters. The second-order valence-corrected chi connectivity index (χ2v) is 6.85. The van der Waals surface area contributed by atoms with E-state index < -0.39 is 10.7 Å². The Balaban J connectivity index is 1.91. The second kappa shape index (κ2) is 5.69. The summed E-state index contributed by atoms with van der Waals surface area (Å²) in [6.07, 6.45) is 0.392. The van der Waals surface area contributed by atoms with Crippen molar-refractivity contribution in [2.75, 3.05) is 6.79 Å². The molecule has 0 amide bonds. The Morgan fingerprint density at radius 2 is 1.77 bits per heavy atom. The Labute approximate surface area is 150 Å². The van der Waals surface area contributed by atoms with Crippen molar-refractivity contribution in [2.24, 2.45) is 0 Å². The fourth-order valence-electron chi connectivity index (χ4n) is 3.84. The fraction of sp³-hybridized carbons (Fsp3) is 0.368. The Morgan fingerprint density at radius 1 is 1.15 bits per heavy atom. The first kappa shape index (κ1) is 16.8. The molecule has 2 aliphatic heterocycles. The van der Waals surface area contributed by atoms with Crippen molar-refractivity contribution in [3.63, 3.8) is 0 Å². The van der Waals surface area contributed by atoms with Crippen LogP contribution in [0.1, 0.15) is 34.7 Å². The van der Waals surface area contributed by atoms with Gasteiger partial charge in [0.2, 0.25) is 12.6 Å². The highest BCUT2D eigenvalue weighted by Gasteiger charge is 2.42. The molecular formula is C19H19NO6. The zero-order valence-electron chi connectivity index (χ0n) is 14.7. The van der Waals surface area contributed by atoms with E-state index in [2.05, 4.69) is 0 Å². The third kappa shape index (κ3) is 2.43. The Morgan fingerprint density at radius 3 is 2.38 bits per heavy atom. The number of nitrogens with zero attached hydrogens (tertiary/aromatic N) is 1. The molecule has 2 atom stereocenters. The molecule has 26 heavy (non-hydrogen) atoms. The van der Waals surface area contributed by atoms with Crippen molar-refractivity contribution in [2.45, 2.75) is 39.1 Å². The predicted molar refractivity (Wildman–Crippen MR) is 92.4 cm³/mol. The number of fused-ring (bicyclic) bond motifs is 2. The highest BCUT2D eigenvalue weighted by atomic mass is 16.7. The maximum atomic E-state index is 11.5. The zero-order valence-corrected chi connectivity index (χ0v) is 14.7. The van der Waals surface area contributed by atoms with Crippen LogP contribution in [0, 0.1) is 24.0 Å². The molecule has 0 saturated heterocycles. The molecule has 0 fully saturated rings. The lowest BCUT2D eigenvalue weighted by Gasteiger charge is -2.38. The number of benzene rings is 2. The molecule has 4 rings (SSSR count). The summed E-state index contributed by atoms with van der Waals surface area (Å²) in [4.78, 5) is 10.9. The van der Waals surface area contributed by atoms with E-state index in [-0.39, 0.29) is 18.6 Å². The smallest absolute Gasteiger partial charge is 0.275 e. The number of ether oxygens (including phenoxy) is 3. The van der Waals surface area contributed by atoms with E-state index in [9.17, 15) is 15.2 Å². The lowest BCUT2D eigenvalue weighted by atomic mass is 9.86. The topological polar surface area (TPSA) is 91.1 Å². The number of hydrogen-bond acceptors (Lipinski definition) is 6. The van der Waals surface area contributed by atoms with Crippen molar-refractivity contribution in [1.29, 1.82) is 0 Å². The van der Waals surface area contributed by atoms with Gasteiger partial charge in [0.15, 0.2) is 11.5 Å². The minimum absolute atomic E-state index is 0.0483. The highest BCUT2D eigenvalue weighted by Crippen LogP contribution is 2.45. The Bertz CT molecular complexity index is 901. The number of aliphatic hydroxyl groups is 1. The molecule has 0 saturated carbocycles. The minimum Gasteiger partial charge on any atom is -0.454 e. The summed E-state index contributed by atoms with van der Waals surface area (Å²) in [5.74, 6) is -0.509. The van der Waals surface area contributed by atoms with Crippen LogP contribution in [0.25, 0.3) is 0 Å². The summed E-state index contributed by atoms with van der Waals surface area (Å²) in [6.45, 7) is 5.34. The number of aryl methyl sites for hydroxylation is 2. The largest absolute Gasteiger partial charge is 0.454 e. The van der Waals surface area contributed by atoms with Crippen molar-refractivity contribution in [1.82, 2.24) is 0 Å². The summed E-state index contributed by atoms with van der Waals surface area (Å²) in [6, 6.07) is 6.82. The number of hydrogen-bond donors (Lipinski definition) is 1. The molecule has 0 aromatic heterocycles. The standard InChI is InChI=1S/C19H19NO6/c1-10-4-14(5-11(2)18(10)20(22)23)19(21)15-8-17-16(24-9-25-17)7-13(15)6-12(3)26-19/h4-5,7-8,12,21H,6,9H2,1-3H3/t12-,19?/m0/s1. The molecular weight excluding hydrogens is 338 g/mol. The van der Waals surface area contributed by atoms with Crippen molar-refractivity contribution < 1.29 is 24.2 Å². The molecule has 2 aliphatic rings. The van der Waals surface area contributed by atoms with Crippen LogP contribution >= 0.6 is 0 Å². The van der Waals surface area contributed by atoms with Crippen LogP contribution in [0.15, 0.2) is 24.3 Å². The highest BCUT2D eigenvalue weighted by molar-refractivity contribution is 5.56. The molecule has 136 valence electrons. The second-order valence-electron chi connectivity index (χ2n) is 6.85. The summed E-state index contributed by atoms with van der Waals surface area (Å²) in [7, 11) is 0. The summed E-state index contributed by atoms with van der Waals surface area (Å²) in [5, 5.41) is 22.8. The maximum Gasteiger partial charge on any atom is 0.275 e. The normalized spacial score (nSPS) is 23.6. The van der Waals surface area contributed by atoms with Gasteiger partial charge in [-0.05, 0) is 57.0 Å². The first-order valence-electron chi connectivity index (χ1n) is 8.39. The van der Waals surface area contributed by atoms with Gasteiger partial charge in [-0.3, -0.25) is 10.1 Å². The molecule has 2 heterocycles. The van der Waals surface area contributed by atoms with Crippen molar-refractivity contribution >= 4 is 5.69 Å². The summed E-state index contributed by atoms with van der Waals surface area (Å²) >= 11 is 0. The molecule has 2 aromatic carbocycles. The van der Waals surface area contributed by atoms with E-state index in [4.69, 9.17) is 14.2 Å². The summed E-state index contributed by atoms with van der Waals surface area (Å²) < 4.78 is 16.8. The average Bonchev–Trinajstić information content (AvgIpc) is 2.99. The van der Waals surface area contributed by atoms with Crippen molar-refractivity contribution in [3.05, 3.63) is 62.2 Å². The molecule has 2 aromatic rings. The van der Waals surface area contributed by atoms with Crippen LogP contribution in [0.5, 0.6) is 11.5 Å².